The fraction of sp³-hybridized carbons (Fsp3) is 0.391. The first-order valence-corrected chi connectivity index (χ1v) is 9.60. The van der Waals surface area contributed by atoms with Gasteiger partial charge in [-0.3, -0.25) is 4.79 Å². The average Bonchev–Trinajstić information content (AvgIpc) is 2.66. The van der Waals surface area contributed by atoms with Gasteiger partial charge in [0.05, 0.1) is 17.9 Å². The zero-order valence-electron chi connectivity index (χ0n) is 17.2. The van der Waals surface area contributed by atoms with Gasteiger partial charge in [-0.15, -0.1) is 0 Å². The van der Waals surface area contributed by atoms with E-state index in [1.54, 1.807) is 31.2 Å². The molecule has 5 nitrogen and oxygen atoms in total. The Balaban J connectivity index is 2.11. The van der Waals surface area contributed by atoms with Crippen molar-refractivity contribution in [2.45, 2.75) is 52.6 Å². The van der Waals surface area contributed by atoms with Gasteiger partial charge < -0.3 is 14.8 Å². The maximum Gasteiger partial charge on any atom is 0.340 e. The third-order valence-electron chi connectivity index (χ3n) is 4.34. The van der Waals surface area contributed by atoms with Crippen molar-refractivity contribution >= 4 is 17.6 Å². The first-order valence-electron chi connectivity index (χ1n) is 9.60. The zero-order chi connectivity index (χ0) is 20.7. The molecular weight excluding hydrogens is 354 g/mol. The van der Waals surface area contributed by atoms with E-state index in [0.717, 1.165) is 0 Å². The van der Waals surface area contributed by atoms with Crippen molar-refractivity contribution in [3.63, 3.8) is 0 Å². The number of anilines is 1. The number of carbonyl (C=O) groups is 2. The van der Waals surface area contributed by atoms with E-state index in [9.17, 15) is 9.59 Å². The van der Waals surface area contributed by atoms with Crippen molar-refractivity contribution in [1.82, 2.24) is 0 Å². The third kappa shape index (κ3) is 5.59. The van der Waals surface area contributed by atoms with E-state index in [1.807, 2.05) is 31.2 Å². The predicted octanol–water partition coefficient (Wildman–Crippen LogP) is 4.96. The summed E-state index contributed by atoms with van der Waals surface area (Å²) in [6.45, 7) is 10.3. The third-order valence-corrected chi connectivity index (χ3v) is 4.34. The molecular formula is C23H29NO4. The largest absolute Gasteiger partial charge is 0.481 e. The monoisotopic (exact) mass is 383 g/mol. The molecule has 2 aromatic rings. The number of ether oxygens (including phenoxy) is 2. The number of esters is 1. The topological polar surface area (TPSA) is 64.6 Å². The highest BCUT2D eigenvalue weighted by atomic mass is 16.5. The molecule has 0 aliphatic rings. The van der Waals surface area contributed by atoms with Crippen LogP contribution < -0.4 is 10.1 Å². The molecule has 0 saturated carbocycles. The van der Waals surface area contributed by atoms with Crippen molar-refractivity contribution < 1.29 is 19.1 Å². The van der Waals surface area contributed by atoms with Gasteiger partial charge in [-0.05, 0) is 48.6 Å². The quantitative estimate of drug-likeness (QED) is 0.687. The summed E-state index contributed by atoms with van der Waals surface area (Å²) < 4.78 is 10.9. The molecule has 0 aliphatic carbocycles. The summed E-state index contributed by atoms with van der Waals surface area (Å²) in [7, 11) is 0. The predicted molar refractivity (Wildman–Crippen MR) is 111 cm³/mol. The van der Waals surface area contributed by atoms with Gasteiger partial charge >= 0.3 is 5.97 Å². The molecule has 0 aliphatic heterocycles. The molecule has 150 valence electrons. The molecule has 0 heterocycles. The normalized spacial score (nSPS) is 12.2. The summed E-state index contributed by atoms with van der Waals surface area (Å²) in [6, 6.07) is 14.6. The minimum atomic E-state index is -0.671. The number of amides is 1. The second kappa shape index (κ2) is 9.40. The number of nitrogens with one attached hydrogen (secondary N) is 1. The number of hydrogen-bond acceptors (Lipinski definition) is 4. The molecule has 0 unspecified atom stereocenters. The Labute approximate surface area is 167 Å². The van der Waals surface area contributed by atoms with Gasteiger partial charge in [0, 0.05) is 0 Å². The van der Waals surface area contributed by atoms with Gasteiger partial charge in [0.2, 0.25) is 0 Å². The van der Waals surface area contributed by atoms with Gasteiger partial charge in [-0.1, -0.05) is 52.0 Å². The van der Waals surface area contributed by atoms with E-state index >= 15 is 0 Å². The summed E-state index contributed by atoms with van der Waals surface area (Å²) in [5.74, 6) is -0.141. The van der Waals surface area contributed by atoms with Crippen LogP contribution in [-0.4, -0.2) is 24.6 Å². The molecule has 1 N–H and O–H groups in total. The van der Waals surface area contributed by atoms with E-state index in [0.29, 0.717) is 23.4 Å². The minimum absolute atomic E-state index is 0.0525. The lowest BCUT2D eigenvalue weighted by molar-refractivity contribution is -0.122. The molecule has 2 aromatic carbocycles. The smallest absolute Gasteiger partial charge is 0.340 e. The molecule has 5 heteroatoms. The van der Waals surface area contributed by atoms with Crippen LogP contribution in [0.1, 0.15) is 57.0 Å². The Morgan fingerprint density at radius 2 is 1.64 bits per heavy atom. The Hall–Kier alpha value is -2.82. The van der Waals surface area contributed by atoms with Crippen LogP contribution in [0.15, 0.2) is 48.5 Å². The zero-order valence-corrected chi connectivity index (χ0v) is 17.2. The van der Waals surface area contributed by atoms with Gasteiger partial charge in [-0.2, -0.15) is 0 Å². The first kappa shape index (κ1) is 21.5. The van der Waals surface area contributed by atoms with Gasteiger partial charge in [0.15, 0.2) is 6.10 Å². The second-order valence-electron chi connectivity index (χ2n) is 7.54. The SMILES string of the molecule is CCOC(=O)c1ccccc1NC(=O)[C@@H](CC)Oc1ccc(C(C)(C)C)cc1. The minimum Gasteiger partial charge on any atom is -0.481 e. The maximum absolute atomic E-state index is 12.7. The van der Waals surface area contributed by atoms with Crippen molar-refractivity contribution in [3.05, 3.63) is 59.7 Å². The summed E-state index contributed by atoms with van der Waals surface area (Å²) >= 11 is 0. The molecule has 0 aromatic heterocycles. The van der Waals surface area contributed by atoms with Crippen LogP contribution in [0.3, 0.4) is 0 Å². The van der Waals surface area contributed by atoms with Crippen LogP contribution >= 0.6 is 0 Å². The molecule has 0 radical (unpaired) electrons. The van der Waals surface area contributed by atoms with Crippen molar-refractivity contribution in [2.75, 3.05) is 11.9 Å². The van der Waals surface area contributed by atoms with Crippen LogP contribution in [0.5, 0.6) is 5.75 Å². The van der Waals surface area contributed by atoms with Crippen molar-refractivity contribution in [3.8, 4) is 5.75 Å². The van der Waals surface area contributed by atoms with Crippen LogP contribution in [-0.2, 0) is 14.9 Å². The Bertz CT molecular complexity index is 806. The van der Waals surface area contributed by atoms with Crippen LogP contribution in [0.25, 0.3) is 0 Å². The molecule has 2 rings (SSSR count). The molecule has 0 saturated heterocycles. The number of para-hydroxylation sites is 1. The highest BCUT2D eigenvalue weighted by Gasteiger charge is 2.22. The second-order valence-corrected chi connectivity index (χ2v) is 7.54. The maximum atomic E-state index is 12.7. The molecule has 0 bridgehead atoms. The number of hydrogen-bond donors (Lipinski definition) is 1. The fourth-order valence-electron chi connectivity index (χ4n) is 2.71. The van der Waals surface area contributed by atoms with Crippen LogP contribution in [0.4, 0.5) is 5.69 Å². The molecule has 0 spiro atoms. The Kier molecular flexibility index (Phi) is 7.21. The summed E-state index contributed by atoms with van der Waals surface area (Å²) in [5, 5.41) is 2.79. The molecule has 28 heavy (non-hydrogen) atoms. The Morgan fingerprint density at radius 1 is 1.00 bits per heavy atom. The van der Waals surface area contributed by atoms with Crippen molar-refractivity contribution in [1.29, 1.82) is 0 Å². The van der Waals surface area contributed by atoms with E-state index in [4.69, 9.17) is 9.47 Å². The number of benzene rings is 2. The summed E-state index contributed by atoms with van der Waals surface area (Å²) in [5.41, 5.74) is 1.98. The summed E-state index contributed by atoms with van der Waals surface area (Å²) in [4.78, 5) is 24.8. The lowest BCUT2D eigenvalue weighted by atomic mass is 9.87. The average molecular weight is 383 g/mol. The van der Waals surface area contributed by atoms with E-state index < -0.39 is 12.1 Å². The molecule has 0 fully saturated rings. The lowest BCUT2D eigenvalue weighted by Gasteiger charge is -2.21. The highest BCUT2D eigenvalue weighted by molar-refractivity contribution is 6.02. The first-order chi connectivity index (χ1) is 13.3. The highest BCUT2D eigenvalue weighted by Crippen LogP contribution is 2.25. The number of carbonyl (C=O) groups excluding carboxylic acids is 2. The Morgan fingerprint density at radius 3 is 2.21 bits per heavy atom. The lowest BCUT2D eigenvalue weighted by Crippen LogP contribution is -2.33. The summed E-state index contributed by atoms with van der Waals surface area (Å²) in [6.07, 6.45) is -0.176. The van der Waals surface area contributed by atoms with Crippen LogP contribution in [0, 0.1) is 0 Å². The molecule has 1 amide bonds. The van der Waals surface area contributed by atoms with Gasteiger partial charge in [0.25, 0.3) is 5.91 Å². The van der Waals surface area contributed by atoms with E-state index in [-0.39, 0.29) is 17.9 Å². The van der Waals surface area contributed by atoms with Crippen LogP contribution in [0.2, 0.25) is 0 Å². The molecule has 1 atom stereocenters. The fourth-order valence-corrected chi connectivity index (χ4v) is 2.71. The van der Waals surface area contributed by atoms with Crippen molar-refractivity contribution in [2.24, 2.45) is 0 Å². The van der Waals surface area contributed by atoms with E-state index in [1.165, 1.54) is 5.56 Å². The van der Waals surface area contributed by atoms with E-state index in [2.05, 4.69) is 26.1 Å². The van der Waals surface area contributed by atoms with Gasteiger partial charge in [0.1, 0.15) is 5.75 Å². The number of rotatable bonds is 7. The standard InChI is InChI=1S/C23H29NO4/c1-6-20(28-17-14-12-16(13-15-17)23(3,4)5)21(25)24-19-11-9-8-10-18(19)22(26)27-7-2/h8-15,20H,6-7H2,1-5H3,(H,24,25)/t20-/m1/s1. The van der Waals surface area contributed by atoms with Gasteiger partial charge in [-0.25, -0.2) is 4.79 Å².